The molecule has 1 N–H and O–H groups in total. The molecule has 0 unspecified atom stereocenters. The van der Waals surface area contributed by atoms with Gasteiger partial charge in [-0.05, 0) is 48.2 Å². The summed E-state index contributed by atoms with van der Waals surface area (Å²) in [5.41, 5.74) is 3.34. The molecule has 3 aromatic carbocycles. The second-order valence-corrected chi connectivity index (χ2v) is 8.52. The molecule has 0 amide bonds. The lowest BCUT2D eigenvalue weighted by atomic mass is 10.0. The first-order valence-electron chi connectivity index (χ1n) is 11.7. The van der Waals surface area contributed by atoms with Crippen molar-refractivity contribution in [2.24, 2.45) is 0 Å². The van der Waals surface area contributed by atoms with Gasteiger partial charge in [-0.15, -0.1) is 0 Å². The van der Waals surface area contributed by atoms with Gasteiger partial charge in [0.15, 0.2) is 11.5 Å². The maximum atomic E-state index is 6.00. The second-order valence-electron chi connectivity index (χ2n) is 8.52. The normalized spacial score (nSPS) is 14.4. The third kappa shape index (κ3) is 6.14. The molecule has 0 bridgehead atoms. The minimum Gasteiger partial charge on any atom is -0.497 e. The standard InChI is InChI=1S/C28H34N2O4/c1-31-24-10-12-26(32-2)25(18-24)29-23-13-15-30(16-14-23)19-22-9-11-27(28(17-22)33-3)34-20-21-7-5-4-6-8-21/h4-12,17-18,23,29H,13-16,19-20H2,1-3H3. The highest BCUT2D eigenvalue weighted by atomic mass is 16.5. The Morgan fingerprint density at radius 2 is 1.50 bits per heavy atom. The van der Waals surface area contributed by atoms with Crippen molar-refractivity contribution in [1.82, 2.24) is 4.90 Å². The fourth-order valence-electron chi connectivity index (χ4n) is 4.31. The molecular formula is C28H34N2O4. The smallest absolute Gasteiger partial charge is 0.161 e. The van der Waals surface area contributed by atoms with E-state index in [1.165, 1.54) is 5.56 Å². The predicted octanol–water partition coefficient (Wildman–Crippen LogP) is 5.37. The lowest BCUT2D eigenvalue weighted by molar-refractivity contribution is 0.210. The molecular weight excluding hydrogens is 428 g/mol. The molecule has 4 rings (SSSR count). The maximum absolute atomic E-state index is 6.00. The van der Waals surface area contributed by atoms with Gasteiger partial charge >= 0.3 is 0 Å². The molecule has 1 saturated heterocycles. The van der Waals surface area contributed by atoms with Crippen molar-refractivity contribution in [1.29, 1.82) is 0 Å². The van der Waals surface area contributed by atoms with Crippen molar-refractivity contribution >= 4 is 5.69 Å². The van der Waals surface area contributed by atoms with Crippen LogP contribution in [-0.2, 0) is 13.2 Å². The van der Waals surface area contributed by atoms with Gasteiger partial charge in [-0.3, -0.25) is 4.90 Å². The van der Waals surface area contributed by atoms with E-state index in [-0.39, 0.29) is 0 Å². The van der Waals surface area contributed by atoms with E-state index in [1.807, 2.05) is 42.5 Å². The molecule has 0 aromatic heterocycles. The summed E-state index contributed by atoms with van der Waals surface area (Å²) in [6.45, 7) is 3.47. The SMILES string of the molecule is COc1ccc(OC)c(NC2CCN(Cc3ccc(OCc4ccccc4)c(OC)c3)CC2)c1. The van der Waals surface area contributed by atoms with E-state index in [9.17, 15) is 0 Å². The third-order valence-electron chi connectivity index (χ3n) is 6.23. The Morgan fingerprint density at radius 3 is 2.21 bits per heavy atom. The molecule has 0 saturated carbocycles. The van der Waals surface area contributed by atoms with E-state index in [1.54, 1.807) is 21.3 Å². The van der Waals surface area contributed by atoms with E-state index in [2.05, 4.69) is 34.5 Å². The molecule has 1 fully saturated rings. The predicted molar refractivity (Wildman–Crippen MR) is 135 cm³/mol. The third-order valence-corrected chi connectivity index (χ3v) is 6.23. The highest BCUT2D eigenvalue weighted by Crippen LogP contribution is 2.32. The number of rotatable bonds is 10. The van der Waals surface area contributed by atoms with Crippen LogP contribution in [0.5, 0.6) is 23.0 Å². The van der Waals surface area contributed by atoms with Crippen LogP contribution in [0.1, 0.15) is 24.0 Å². The van der Waals surface area contributed by atoms with Gasteiger partial charge in [0.2, 0.25) is 0 Å². The van der Waals surface area contributed by atoms with Crippen molar-refractivity contribution in [3.05, 3.63) is 77.9 Å². The van der Waals surface area contributed by atoms with Crippen molar-refractivity contribution in [2.45, 2.75) is 32.0 Å². The summed E-state index contributed by atoms with van der Waals surface area (Å²) >= 11 is 0. The van der Waals surface area contributed by atoms with Crippen LogP contribution in [0.4, 0.5) is 5.69 Å². The zero-order valence-electron chi connectivity index (χ0n) is 20.3. The number of hydrogen-bond acceptors (Lipinski definition) is 6. The number of nitrogens with one attached hydrogen (secondary N) is 1. The minimum absolute atomic E-state index is 0.403. The van der Waals surface area contributed by atoms with Crippen LogP contribution in [0, 0.1) is 0 Å². The average Bonchev–Trinajstić information content (AvgIpc) is 2.89. The van der Waals surface area contributed by atoms with Gasteiger partial charge in [-0.2, -0.15) is 0 Å². The number of hydrogen-bond donors (Lipinski definition) is 1. The lowest BCUT2D eigenvalue weighted by Crippen LogP contribution is -2.38. The first-order chi connectivity index (χ1) is 16.7. The Balaban J connectivity index is 1.31. The van der Waals surface area contributed by atoms with Crippen LogP contribution in [0.25, 0.3) is 0 Å². The summed E-state index contributed by atoms with van der Waals surface area (Å²) in [4.78, 5) is 2.49. The van der Waals surface area contributed by atoms with Gasteiger partial charge in [0.05, 0.1) is 27.0 Å². The molecule has 6 heteroatoms. The molecule has 0 spiro atoms. The Labute approximate surface area is 202 Å². The van der Waals surface area contributed by atoms with E-state index >= 15 is 0 Å². The van der Waals surface area contributed by atoms with Crippen LogP contribution in [-0.4, -0.2) is 45.4 Å². The maximum Gasteiger partial charge on any atom is 0.161 e. The lowest BCUT2D eigenvalue weighted by Gasteiger charge is -2.33. The average molecular weight is 463 g/mol. The summed E-state index contributed by atoms with van der Waals surface area (Å²) in [5.74, 6) is 3.20. The summed E-state index contributed by atoms with van der Waals surface area (Å²) in [5, 5.41) is 3.64. The van der Waals surface area contributed by atoms with E-state index in [0.29, 0.717) is 12.6 Å². The van der Waals surface area contributed by atoms with Crippen LogP contribution in [0.3, 0.4) is 0 Å². The molecule has 6 nitrogen and oxygen atoms in total. The van der Waals surface area contributed by atoms with Gasteiger partial charge in [0.25, 0.3) is 0 Å². The Bertz CT molecular complexity index is 1050. The fourth-order valence-corrected chi connectivity index (χ4v) is 4.31. The molecule has 34 heavy (non-hydrogen) atoms. The Morgan fingerprint density at radius 1 is 0.765 bits per heavy atom. The molecule has 1 aliphatic rings. The second kappa shape index (κ2) is 11.7. The number of ether oxygens (including phenoxy) is 4. The first kappa shape index (κ1) is 23.8. The quantitative estimate of drug-likeness (QED) is 0.437. The molecule has 0 aliphatic carbocycles. The number of benzene rings is 3. The van der Waals surface area contributed by atoms with Gasteiger partial charge in [-0.1, -0.05) is 36.4 Å². The first-order valence-corrected chi connectivity index (χ1v) is 11.7. The van der Waals surface area contributed by atoms with Gasteiger partial charge < -0.3 is 24.3 Å². The topological polar surface area (TPSA) is 52.2 Å². The van der Waals surface area contributed by atoms with Crippen LogP contribution >= 0.6 is 0 Å². The molecule has 1 aliphatic heterocycles. The van der Waals surface area contributed by atoms with Crippen LogP contribution in [0.2, 0.25) is 0 Å². The number of nitrogens with zero attached hydrogens (tertiary/aromatic N) is 1. The highest BCUT2D eigenvalue weighted by molar-refractivity contribution is 5.60. The van der Waals surface area contributed by atoms with Gasteiger partial charge in [0.1, 0.15) is 18.1 Å². The number of likely N-dealkylation sites (tertiary alicyclic amines) is 1. The molecule has 3 aromatic rings. The zero-order chi connectivity index (χ0) is 23.8. The van der Waals surface area contributed by atoms with E-state index in [4.69, 9.17) is 18.9 Å². The van der Waals surface area contributed by atoms with E-state index < -0.39 is 0 Å². The summed E-state index contributed by atoms with van der Waals surface area (Å²) in [6, 6.07) is 22.7. The van der Waals surface area contributed by atoms with Crippen molar-refractivity contribution in [2.75, 3.05) is 39.7 Å². The van der Waals surface area contributed by atoms with E-state index in [0.717, 1.165) is 66.7 Å². The summed E-state index contributed by atoms with van der Waals surface area (Å²) in [7, 11) is 5.07. The zero-order valence-corrected chi connectivity index (χ0v) is 20.3. The number of piperidine rings is 1. The van der Waals surface area contributed by atoms with Crippen LogP contribution in [0.15, 0.2) is 66.7 Å². The van der Waals surface area contributed by atoms with Gasteiger partial charge in [0, 0.05) is 31.7 Å². The Hall–Kier alpha value is -3.38. The minimum atomic E-state index is 0.403. The van der Waals surface area contributed by atoms with Crippen molar-refractivity contribution < 1.29 is 18.9 Å². The summed E-state index contributed by atoms with van der Waals surface area (Å²) in [6.07, 6.45) is 2.13. The summed E-state index contributed by atoms with van der Waals surface area (Å²) < 4.78 is 22.5. The monoisotopic (exact) mass is 462 g/mol. The number of anilines is 1. The molecule has 0 radical (unpaired) electrons. The molecule has 180 valence electrons. The van der Waals surface area contributed by atoms with Crippen LogP contribution < -0.4 is 24.3 Å². The fraction of sp³-hybridized carbons (Fsp3) is 0.357. The largest absolute Gasteiger partial charge is 0.497 e. The number of methoxy groups -OCH3 is 3. The molecule has 0 atom stereocenters. The van der Waals surface area contributed by atoms with Gasteiger partial charge in [-0.25, -0.2) is 0 Å². The molecule has 1 heterocycles. The van der Waals surface area contributed by atoms with Crippen molar-refractivity contribution in [3.8, 4) is 23.0 Å². The highest BCUT2D eigenvalue weighted by Gasteiger charge is 2.21. The Kier molecular flexibility index (Phi) is 8.15. The van der Waals surface area contributed by atoms with Crippen molar-refractivity contribution in [3.63, 3.8) is 0 Å².